The number of hydrogen-bond donors (Lipinski definition) is 1. The minimum Gasteiger partial charge on any atom is -0.508 e. The van der Waals surface area contributed by atoms with E-state index in [1.54, 1.807) is 0 Å². The summed E-state index contributed by atoms with van der Waals surface area (Å²) in [6.45, 7) is 0. The van der Waals surface area contributed by atoms with Gasteiger partial charge in [-0.05, 0) is 22.0 Å². The number of alkyl halides is 1. The largest absolute Gasteiger partial charge is 0.508 e. The maximum Gasteiger partial charge on any atom is 0.177 e. The zero-order valence-electron chi connectivity index (χ0n) is 6.35. The average Bonchev–Trinajstić information content (AvgIpc) is 2.02. The van der Waals surface area contributed by atoms with Gasteiger partial charge in [-0.15, -0.1) is 0 Å². The number of benzene rings is 1. The second kappa shape index (κ2) is 4.19. The minimum atomic E-state index is -0.726. The minimum absolute atomic E-state index is 0.0466. The molecule has 2 nitrogen and oxygen atoms in total. The number of ketones is 1. The van der Waals surface area contributed by atoms with Gasteiger partial charge in [0.1, 0.15) is 11.6 Å². The smallest absolute Gasteiger partial charge is 0.177 e. The third-order valence-electron chi connectivity index (χ3n) is 1.43. The van der Waals surface area contributed by atoms with E-state index in [1.165, 1.54) is 6.07 Å². The molecule has 0 aliphatic heterocycles. The van der Waals surface area contributed by atoms with Crippen LogP contribution in [0, 0.1) is 5.82 Å². The molecule has 1 aromatic carbocycles. The Balaban J connectivity index is 3.28. The first kappa shape index (κ1) is 10.7. The van der Waals surface area contributed by atoms with E-state index in [9.17, 15) is 9.18 Å². The second-order valence-electron chi connectivity index (χ2n) is 2.34. The highest BCUT2D eigenvalue weighted by molar-refractivity contribution is 9.10. The molecule has 0 fully saturated rings. The van der Waals surface area contributed by atoms with Gasteiger partial charge in [0.05, 0.1) is 10.9 Å². The zero-order valence-corrected chi connectivity index (χ0v) is 9.52. The molecule has 0 amide bonds. The summed E-state index contributed by atoms with van der Waals surface area (Å²) in [5.74, 6) is -1.31. The Labute approximate surface area is 91.0 Å². The van der Waals surface area contributed by atoms with Gasteiger partial charge in [-0.1, -0.05) is 15.9 Å². The second-order valence-corrected chi connectivity index (χ2v) is 3.76. The van der Waals surface area contributed by atoms with Crippen molar-refractivity contribution >= 4 is 37.6 Å². The van der Waals surface area contributed by atoms with Crippen LogP contribution >= 0.6 is 31.9 Å². The number of rotatable bonds is 2. The lowest BCUT2D eigenvalue weighted by Crippen LogP contribution is -2.04. The quantitative estimate of drug-likeness (QED) is 0.673. The lowest BCUT2D eigenvalue weighted by molar-refractivity contribution is 0.101. The van der Waals surface area contributed by atoms with Crippen molar-refractivity contribution in [3.8, 4) is 5.75 Å². The highest BCUT2D eigenvalue weighted by Crippen LogP contribution is 2.26. The number of carbonyl (C=O) groups is 1. The van der Waals surface area contributed by atoms with Crippen molar-refractivity contribution in [1.29, 1.82) is 0 Å². The van der Waals surface area contributed by atoms with Crippen LogP contribution in [0.3, 0.4) is 0 Å². The van der Waals surface area contributed by atoms with Crippen molar-refractivity contribution < 1.29 is 14.3 Å². The van der Waals surface area contributed by atoms with Gasteiger partial charge in [0, 0.05) is 10.5 Å². The van der Waals surface area contributed by atoms with Crippen molar-refractivity contribution in [3.63, 3.8) is 0 Å². The fourth-order valence-corrected chi connectivity index (χ4v) is 1.82. The number of hydrogen-bond acceptors (Lipinski definition) is 2. The highest BCUT2D eigenvalue weighted by atomic mass is 79.9. The summed E-state index contributed by atoms with van der Waals surface area (Å²) in [4.78, 5) is 11.2. The zero-order chi connectivity index (χ0) is 10.0. The van der Waals surface area contributed by atoms with E-state index in [0.29, 0.717) is 0 Å². The Morgan fingerprint density at radius 1 is 1.54 bits per heavy atom. The van der Waals surface area contributed by atoms with Gasteiger partial charge in [-0.3, -0.25) is 4.79 Å². The third-order valence-corrected chi connectivity index (χ3v) is 2.56. The predicted octanol–water partition coefficient (Wildman–Crippen LogP) is 2.87. The molecule has 0 bridgehead atoms. The molecule has 1 N–H and O–H groups in total. The number of aromatic hydroxyl groups is 1. The molecule has 0 aliphatic carbocycles. The summed E-state index contributed by atoms with van der Waals surface area (Å²) < 4.78 is 13.4. The van der Waals surface area contributed by atoms with Crippen LogP contribution in [0.2, 0.25) is 0 Å². The molecule has 1 rings (SSSR count). The number of halogens is 3. The van der Waals surface area contributed by atoms with Crippen molar-refractivity contribution in [2.75, 3.05) is 5.33 Å². The molecule has 5 heteroatoms. The summed E-state index contributed by atoms with van der Waals surface area (Å²) in [6.07, 6.45) is 0. The molecule has 0 aromatic heterocycles. The maximum atomic E-state index is 13.1. The molecular weight excluding hydrogens is 307 g/mol. The first-order valence-electron chi connectivity index (χ1n) is 3.33. The molecule has 13 heavy (non-hydrogen) atoms. The first-order chi connectivity index (χ1) is 6.06. The van der Waals surface area contributed by atoms with Gasteiger partial charge < -0.3 is 5.11 Å². The van der Waals surface area contributed by atoms with Crippen molar-refractivity contribution in [1.82, 2.24) is 0 Å². The molecule has 0 saturated heterocycles. The SMILES string of the molecule is O=C(CBr)c1c(F)cc(O)cc1Br. The number of carbonyl (C=O) groups excluding carboxylic acids is 1. The monoisotopic (exact) mass is 310 g/mol. The van der Waals surface area contributed by atoms with Crippen LogP contribution in [-0.2, 0) is 0 Å². The molecule has 0 radical (unpaired) electrons. The van der Waals surface area contributed by atoms with Gasteiger partial charge >= 0.3 is 0 Å². The number of Topliss-reactive ketones (excluding diaryl/α,β-unsaturated/α-hetero) is 1. The molecule has 0 unspecified atom stereocenters. The van der Waals surface area contributed by atoms with E-state index in [4.69, 9.17) is 5.11 Å². The van der Waals surface area contributed by atoms with Gasteiger partial charge in [-0.2, -0.15) is 0 Å². The van der Waals surface area contributed by atoms with E-state index in [1.807, 2.05) is 0 Å². The normalized spacial score (nSPS) is 10.1. The van der Waals surface area contributed by atoms with E-state index in [0.717, 1.165) is 6.07 Å². The van der Waals surface area contributed by atoms with Gasteiger partial charge in [-0.25, -0.2) is 4.39 Å². The molecular formula is C8H5Br2FO2. The Morgan fingerprint density at radius 3 is 2.62 bits per heavy atom. The lowest BCUT2D eigenvalue weighted by atomic mass is 10.1. The molecule has 0 atom stereocenters. The number of phenolic OH excluding ortho intramolecular Hbond substituents is 1. The van der Waals surface area contributed by atoms with Gasteiger partial charge in [0.25, 0.3) is 0 Å². The fourth-order valence-electron chi connectivity index (χ4n) is 0.893. The maximum absolute atomic E-state index is 13.1. The standard InChI is InChI=1S/C8H5Br2FO2/c9-3-7(13)8-5(10)1-4(12)2-6(8)11/h1-2,12H,3H2. The van der Waals surface area contributed by atoms with Crippen LogP contribution in [-0.4, -0.2) is 16.2 Å². The van der Waals surface area contributed by atoms with Gasteiger partial charge in [0.2, 0.25) is 0 Å². The van der Waals surface area contributed by atoms with Crippen LogP contribution in [0.4, 0.5) is 4.39 Å². The van der Waals surface area contributed by atoms with Crippen LogP contribution in [0.15, 0.2) is 16.6 Å². The van der Waals surface area contributed by atoms with Crippen molar-refractivity contribution in [2.24, 2.45) is 0 Å². The van der Waals surface area contributed by atoms with E-state index >= 15 is 0 Å². The van der Waals surface area contributed by atoms with Crippen molar-refractivity contribution in [2.45, 2.75) is 0 Å². The molecule has 70 valence electrons. The van der Waals surface area contributed by atoms with Gasteiger partial charge in [0.15, 0.2) is 5.78 Å². The molecule has 0 aliphatic rings. The topological polar surface area (TPSA) is 37.3 Å². The Bertz CT molecular complexity index is 329. The van der Waals surface area contributed by atoms with E-state index in [2.05, 4.69) is 31.9 Å². The summed E-state index contributed by atoms with van der Waals surface area (Å²) >= 11 is 5.94. The average molecular weight is 312 g/mol. The Morgan fingerprint density at radius 2 is 2.15 bits per heavy atom. The Hall–Kier alpha value is -0.420. The molecule has 0 spiro atoms. The summed E-state index contributed by atoms with van der Waals surface area (Å²) in [7, 11) is 0. The Kier molecular flexibility index (Phi) is 3.44. The molecule has 0 saturated carbocycles. The number of phenols is 1. The van der Waals surface area contributed by atoms with E-state index < -0.39 is 5.82 Å². The first-order valence-corrected chi connectivity index (χ1v) is 5.25. The van der Waals surface area contributed by atoms with Crippen molar-refractivity contribution in [3.05, 3.63) is 28.0 Å². The van der Waals surface area contributed by atoms with Crippen LogP contribution in [0.5, 0.6) is 5.75 Å². The van der Waals surface area contributed by atoms with Crippen LogP contribution < -0.4 is 0 Å². The summed E-state index contributed by atoms with van der Waals surface area (Å²) in [5.41, 5.74) is -0.0466. The molecule has 1 aromatic rings. The van der Waals surface area contributed by atoms with Crippen LogP contribution in [0.25, 0.3) is 0 Å². The molecule has 0 heterocycles. The van der Waals surface area contributed by atoms with E-state index in [-0.39, 0.29) is 26.9 Å². The third kappa shape index (κ3) is 2.28. The summed E-state index contributed by atoms with van der Waals surface area (Å²) in [5, 5.41) is 9.03. The highest BCUT2D eigenvalue weighted by Gasteiger charge is 2.15. The fraction of sp³-hybridized carbons (Fsp3) is 0.125. The lowest BCUT2D eigenvalue weighted by Gasteiger charge is -2.03. The summed E-state index contributed by atoms with van der Waals surface area (Å²) in [6, 6.07) is 2.18. The van der Waals surface area contributed by atoms with Crippen LogP contribution in [0.1, 0.15) is 10.4 Å². The predicted molar refractivity (Wildman–Crippen MR) is 53.9 cm³/mol.